The van der Waals surface area contributed by atoms with Crippen molar-refractivity contribution in [3.05, 3.63) is 34.9 Å². The van der Waals surface area contributed by atoms with Crippen molar-refractivity contribution in [2.75, 3.05) is 0 Å². The molecule has 1 aromatic carbocycles. The molecule has 1 rings (SSSR count). The summed E-state index contributed by atoms with van der Waals surface area (Å²) < 4.78 is 0. The van der Waals surface area contributed by atoms with Gasteiger partial charge in [0.2, 0.25) is 5.91 Å². The molecule has 0 aliphatic rings. The highest BCUT2D eigenvalue weighted by Gasteiger charge is 2.30. The largest absolute Gasteiger partial charge is 0.349 e. The van der Waals surface area contributed by atoms with Crippen molar-refractivity contribution in [2.45, 2.75) is 47.6 Å². The predicted molar refractivity (Wildman–Crippen MR) is 85.8 cm³/mol. The van der Waals surface area contributed by atoms with Crippen LogP contribution < -0.4 is 5.32 Å². The van der Waals surface area contributed by atoms with Gasteiger partial charge in [0, 0.05) is 10.9 Å². The van der Waals surface area contributed by atoms with Gasteiger partial charge in [-0.1, -0.05) is 65.3 Å². The second-order valence-corrected chi connectivity index (χ2v) is 7.28. The van der Waals surface area contributed by atoms with Crippen molar-refractivity contribution in [1.82, 2.24) is 5.32 Å². The van der Waals surface area contributed by atoms with E-state index in [-0.39, 0.29) is 23.3 Å². The molecule has 0 heterocycles. The van der Waals surface area contributed by atoms with Crippen LogP contribution in [-0.2, 0) is 4.79 Å². The lowest BCUT2D eigenvalue weighted by molar-refractivity contribution is -0.125. The van der Waals surface area contributed by atoms with Crippen molar-refractivity contribution in [2.24, 2.45) is 17.3 Å². The lowest BCUT2D eigenvalue weighted by Gasteiger charge is -2.35. The maximum absolute atomic E-state index is 12.1. The Morgan fingerprint density at radius 1 is 1.10 bits per heavy atom. The average Bonchev–Trinajstić information content (AvgIpc) is 2.34. The van der Waals surface area contributed by atoms with Crippen molar-refractivity contribution >= 4 is 17.5 Å². The van der Waals surface area contributed by atoms with Gasteiger partial charge in [0.15, 0.2) is 0 Å². The van der Waals surface area contributed by atoms with E-state index in [2.05, 4.69) is 33.0 Å². The molecule has 3 heteroatoms. The van der Waals surface area contributed by atoms with Crippen LogP contribution in [0.1, 0.15) is 53.1 Å². The monoisotopic (exact) mass is 295 g/mol. The van der Waals surface area contributed by atoms with Gasteiger partial charge >= 0.3 is 0 Å². The molecule has 20 heavy (non-hydrogen) atoms. The minimum atomic E-state index is -0.0167. The molecule has 2 atom stereocenters. The van der Waals surface area contributed by atoms with E-state index in [4.69, 9.17) is 11.6 Å². The molecular formula is C17H26ClNO. The first-order chi connectivity index (χ1) is 9.12. The van der Waals surface area contributed by atoms with Gasteiger partial charge in [-0.2, -0.15) is 0 Å². The highest BCUT2D eigenvalue weighted by Crippen LogP contribution is 2.36. The molecule has 0 aliphatic carbocycles. The predicted octanol–water partition coefficient (Wildman–Crippen LogP) is 4.84. The third-order valence-corrected chi connectivity index (χ3v) is 4.17. The zero-order chi connectivity index (χ0) is 15.5. The van der Waals surface area contributed by atoms with E-state index in [0.717, 1.165) is 5.56 Å². The van der Waals surface area contributed by atoms with Crippen molar-refractivity contribution < 1.29 is 4.79 Å². The van der Waals surface area contributed by atoms with Crippen LogP contribution in [0.25, 0.3) is 0 Å². The van der Waals surface area contributed by atoms with E-state index in [1.54, 1.807) is 0 Å². The Kier molecular flexibility index (Phi) is 5.64. The summed E-state index contributed by atoms with van der Waals surface area (Å²) in [7, 11) is 0. The average molecular weight is 296 g/mol. The quantitative estimate of drug-likeness (QED) is 0.846. The Morgan fingerprint density at radius 3 is 2.00 bits per heavy atom. The highest BCUT2D eigenvalue weighted by atomic mass is 35.5. The van der Waals surface area contributed by atoms with E-state index in [1.165, 1.54) is 0 Å². The van der Waals surface area contributed by atoms with Gasteiger partial charge in [-0.3, -0.25) is 4.79 Å². The molecule has 1 amide bonds. The molecule has 0 aromatic heterocycles. The lowest BCUT2D eigenvalue weighted by atomic mass is 9.75. The van der Waals surface area contributed by atoms with Crippen LogP contribution in [0.15, 0.2) is 24.3 Å². The molecule has 0 aliphatic heterocycles. The summed E-state index contributed by atoms with van der Waals surface area (Å²) in [5.41, 5.74) is 1.21. The fraction of sp³-hybridized carbons (Fsp3) is 0.588. The summed E-state index contributed by atoms with van der Waals surface area (Å²) in [6.07, 6.45) is 0. The maximum Gasteiger partial charge on any atom is 0.223 e. The zero-order valence-corrected chi connectivity index (χ0v) is 14.1. The molecule has 0 bridgehead atoms. The number of nitrogens with one attached hydrogen (secondary N) is 1. The van der Waals surface area contributed by atoms with E-state index in [0.29, 0.717) is 10.9 Å². The number of halogens is 1. The SMILES string of the molecule is CC(C)C(=O)N[C@H](c1ccc(Cl)cc1)[C@H](C)C(C)(C)C. The number of benzene rings is 1. The third-order valence-electron chi connectivity index (χ3n) is 3.92. The van der Waals surface area contributed by atoms with E-state index in [1.807, 2.05) is 38.1 Å². The standard InChI is InChI=1S/C17H26ClNO/c1-11(2)16(20)19-15(12(3)17(4,5)6)13-7-9-14(18)10-8-13/h7-12,15H,1-6H3,(H,19,20)/t12-,15-/m0/s1. The van der Waals surface area contributed by atoms with E-state index < -0.39 is 0 Å². The fourth-order valence-corrected chi connectivity index (χ4v) is 2.11. The summed E-state index contributed by atoms with van der Waals surface area (Å²) in [5.74, 6) is 0.379. The first-order valence-corrected chi connectivity index (χ1v) is 7.56. The van der Waals surface area contributed by atoms with Gasteiger partial charge in [-0.25, -0.2) is 0 Å². The minimum Gasteiger partial charge on any atom is -0.349 e. The summed E-state index contributed by atoms with van der Waals surface area (Å²) in [6.45, 7) is 12.6. The van der Waals surface area contributed by atoms with Crippen LogP contribution in [0, 0.1) is 17.3 Å². The molecule has 0 fully saturated rings. The molecule has 0 unspecified atom stereocenters. The molecule has 1 N–H and O–H groups in total. The van der Waals surface area contributed by atoms with Gasteiger partial charge in [0.05, 0.1) is 6.04 Å². The van der Waals surface area contributed by atoms with Gasteiger partial charge in [-0.15, -0.1) is 0 Å². The van der Waals surface area contributed by atoms with Crippen molar-refractivity contribution in [3.8, 4) is 0 Å². The van der Waals surface area contributed by atoms with Gasteiger partial charge in [-0.05, 0) is 29.0 Å². The van der Waals surface area contributed by atoms with Crippen LogP contribution in [0.4, 0.5) is 0 Å². The van der Waals surface area contributed by atoms with Gasteiger partial charge in [0.25, 0.3) is 0 Å². The smallest absolute Gasteiger partial charge is 0.223 e. The van der Waals surface area contributed by atoms with Crippen LogP contribution in [0.3, 0.4) is 0 Å². The van der Waals surface area contributed by atoms with Crippen LogP contribution in [0.2, 0.25) is 5.02 Å². The fourth-order valence-electron chi connectivity index (χ4n) is 1.99. The molecule has 2 nitrogen and oxygen atoms in total. The number of carbonyl (C=O) groups excluding carboxylic acids is 1. The molecule has 1 aromatic rings. The Bertz CT molecular complexity index is 445. The maximum atomic E-state index is 12.1. The molecule has 0 spiro atoms. The summed E-state index contributed by atoms with van der Waals surface area (Å²) >= 11 is 5.95. The highest BCUT2D eigenvalue weighted by molar-refractivity contribution is 6.30. The van der Waals surface area contributed by atoms with E-state index >= 15 is 0 Å². The minimum absolute atomic E-state index is 0.00201. The molecular weight excluding hydrogens is 270 g/mol. The van der Waals surface area contributed by atoms with Gasteiger partial charge < -0.3 is 5.32 Å². The summed E-state index contributed by atoms with van der Waals surface area (Å²) in [6, 6.07) is 7.75. The molecule has 0 saturated carbocycles. The summed E-state index contributed by atoms with van der Waals surface area (Å²) in [4.78, 5) is 12.1. The van der Waals surface area contributed by atoms with Crippen LogP contribution in [-0.4, -0.2) is 5.91 Å². The first kappa shape index (κ1) is 17.0. The Morgan fingerprint density at radius 2 is 1.60 bits per heavy atom. The van der Waals surface area contributed by atoms with Crippen molar-refractivity contribution in [3.63, 3.8) is 0 Å². The number of hydrogen-bond acceptors (Lipinski definition) is 1. The first-order valence-electron chi connectivity index (χ1n) is 7.18. The topological polar surface area (TPSA) is 29.1 Å². The molecule has 0 radical (unpaired) electrons. The van der Waals surface area contributed by atoms with Crippen LogP contribution in [0.5, 0.6) is 0 Å². The zero-order valence-electron chi connectivity index (χ0n) is 13.3. The number of carbonyl (C=O) groups is 1. The van der Waals surface area contributed by atoms with E-state index in [9.17, 15) is 4.79 Å². The Hall–Kier alpha value is -1.02. The lowest BCUT2D eigenvalue weighted by Crippen LogP contribution is -2.39. The second-order valence-electron chi connectivity index (χ2n) is 6.85. The number of amides is 1. The molecule has 0 saturated heterocycles. The Balaban J connectivity index is 3.07. The number of hydrogen-bond donors (Lipinski definition) is 1. The van der Waals surface area contributed by atoms with Gasteiger partial charge in [0.1, 0.15) is 0 Å². The number of rotatable bonds is 4. The Labute approximate surface area is 127 Å². The third kappa shape index (κ3) is 4.52. The summed E-state index contributed by atoms with van der Waals surface area (Å²) in [5, 5.41) is 3.89. The van der Waals surface area contributed by atoms with Crippen molar-refractivity contribution in [1.29, 1.82) is 0 Å². The normalized spacial score (nSPS) is 15.0. The second kappa shape index (κ2) is 6.62. The molecule has 112 valence electrons. The van der Waals surface area contributed by atoms with Crippen LogP contribution >= 0.6 is 11.6 Å².